The Morgan fingerprint density at radius 2 is 1.71 bits per heavy atom. The standard InChI is InChI=1S/C23H27FN2O2/c24-23(17-25-21-15-20(21)19-9-5-2-6-10-19)11-13-26(14-12-23)22(27)28-16-18-7-3-1-4-8-18/h1-10,20-21,25H,11-17H2. The average molecular weight is 382 g/mol. The molecule has 2 aliphatic rings. The van der Waals surface area contributed by atoms with Gasteiger partial charge < -0.3 is 15.0 Å². The van der Waals surface area contributed by atoms with Crippen LogP contribution < -0.4 is 5.32 Å². The highest BCUT2D eigenvalue weighted by atomic mass is 19.1. The number of carbonyl (C=O) groups is 1. The molecule has 2 aromatic rings. The van der Waals surface area contributed by atoms with Gasteiger partial charge in [0.1, 0.15) is 12.3 Å². The first-order chi connectivity index (χ1) is 13.6. The van der Waals surface area contributed by atoms with E-state index >= 15 is 4.39 Å². The number of amides is 1. The zero-order valence-electron chi connectivity index (χ0n) is 16.0. The molecular formula is C23H27FN2O2. The molecule has 2 unspecified atom stereocenters. The Hall–Kier alpha value is -2.40. The van der Waals surface area contributed by atoms with E-state index in [4.69, 9.17) is 4.74 Å². The van der Waals surface area contributed by atoms with E-state index in [9.17, 15) is 4.79 Å². The maximum absolute atomic E-state index is 15.1. The van der Waals surface area contributed by atoms with Crippen molar-refractivity contribution in [1.82, 2.24) is 10.2 Å². The lowest BCUT2D eigenvalue weighted by Crippen LogP contribution is -2.49. The molecule has 2 atom stereocenters. The number of hydrogen-bond donors (Lipinski definition) is 1. The van der Waals surface area contributed by atoms with Crippen molar-refractivity contribution in [3.8, 4) is 0 Å². The topological polar surface area (TPSA) is 41.6 Å². The molecule has 1 amide bonds. The van der Waals surface area contributed by atoms with Crippen molar-refractivity contribution in [2.45, 2.75) is 43.5 Å². The summed E-state index contributed by atoms with van der Waals surface area (Å²) < 4.78 is 20.5. The van der Waals surface area contributed by atoms with Crippen LogP contribution in [0.15, 0.2) is 60.7 Å². The van der Waals surface area contributed by atoms with Crippen LogP contribution in [0, 0.1) is 0 Å². The van der Waals surface area contributed by atoms with Crippen LogP contribution in [0.2, 0.25) is 0 Å². The number of ether oxygens (including phenoxy) is 1. The number of piperidine rings is 1. The summed E-state index contributed by atoms with van der Waals surface area (Å²) >= 11 is 0. The molecule has 1 aliphatic carbocycles. The van der Waals surface area contributed by atoms with Gasteiger partial charge in [0.25, 0.3) is 0 Å². The van der Waals surface area contributed by atoms with Gasteiger partial charge in [-0.2, -0.15) is 0 Å². The molecule has 148 valence electrons. The summed E-state index contributed by atoms with van der Waals surface area (Å²) in [6.07, 6.45) is 1.41. The predicted octanol–water partition coefficient (Wildman–Crippen LogP) is 4.27. The van der Waals surface area contributed by atoms with Crippen LogP contribution >= 0.6 is 0 Å². The van der Waals surface area contributed by atoms with Crippen molar-refractivity contribution >= 4 is 6.09 Å². The number of carbonyl (C=O) groups excluding carboxylic acids is 1. The van der Waals surface area contributed by atoms with Gasteiger partial charge in [-0.1, -0.05) is 60.7 Å². The number of likely N-dealkylation sites (tertiary alicyclic amines) is 1. The van der Waals surface area contributed by atoms with E-state index in [1.807, 2.05) is 48.5 Å². The third-order valence-corrected chi connectivity index (χ3v) is 5.82. The predicted molar refractivity (Wildman–Crippen MR) is 107 cm³/mol. The van der Waals surface area contributed by atoms with Crippen LogP contribution in [0.25, 0.3) is 0 Å². The zero-order chi connectivity index (χ0) is 19.4. The second-order valence-corrected chi connectivity index (χ2v) is 7.92. The van der Waals surface area contributed by atoms with Gasteiger partial charge in [-0.3, -0.25) is 0 Å². The van der Waals surface area contributed by atoms with Gasteiger partial charge in [0, 0.05) is 44.4 Å². The smallest absolute Gasteiger partial charge is 0.410 e. The largest absolute Gasteiger partial charge is 0.445 e. The van der Waals surface area contributed by atoms with Crippen LogP contribution in [0.5, 0.6) is 0 Å². The molecule has 1 aliphatic heterocycles. The highest BCUT2D eigenvalue weighted by molar-refractivity contribution is 5.67. The van der Waals surface area contributed by atoms with Crippen LogP contribution in [0.1, 0.15) is 36.3 Å². The molecule has 0 spiro atoms. The van der Waals surface area contributed by atoms with Gasteiger partial charge in [0.2, 0.25) is 0 Å². The molecule has 0 bridgehead atoms. The highest BCUT2D eigenvalue weighted by Crippen LogP contribution is 2.41. The minimum absolute atomic E-state index is 0.251. The summed E-state index contributed by atoms with van der Waals surface area (Å²) in [5.74, 6) is 0.498. The normalized spacial score (nSPS) is 23.2. The van der Waals surface area contributed by atoms with Crippen LogP contribution in [-0.4, -0.2) is 42.3 Å². The van der Waals surface area contributed by atoms with Crippen molar-refractivity contribution in [1.29, 1.82) is 0 Å². The number of rotatable bonds is 6. The summed E-state index contributed by atoms with van der Waals surface area (Å²) in [7, 11) is 0. The Bertz CT molecular complexity index is 776. The Balaban J connectivity index is 1.18. The quantitative estimate of drug-likeness (QED) is 0.811. The molecule has 5 heteroatoms. The fraction of sp³-hybridized carbons (Fsp3) is 0.435. The third-order valence-electron chi connectivity index (χ3n) is 5.82. The maximum Gasteiger partial charge on any atom is 0.410 e. The molecule has 1 saturated carbocycles. The number of nitrogens with zero attached hydrogens (tertiary/aromatic N) is 1. The summed E-state index contributed by atoms with van der Waals surface area (Å²) in [6.45, 7) is 1.41. The Morgan fingerprint density at radius 3 is 2.39 bits per heavy atom. The number of benzene rings is 2. The van der Waals surface area contributed by atoms with Crippen molar-refractivity contribution in [3.63, 3.8) is 0 Å². The van der Waals surface area contributed by atoms with E-state index in [1.54, 1.807) is 4.90 Å². The van der Waals surface area contributed by atoms with Gasteiger partial charge in [0.05, 0.1) is 0 Å². The number of alkyl halides is 1. The van der Waals surface area contributed by atoms with E-state index in [-0.39, 0.29) is 12.7 Å². The molecule has 0 radical (unpaired) electrons. The minimum Gasteiger partial charge on any atom is -0.445 e. The molecule has 1 heterocycles. The fourth-order valence-corrected chi connectivity index (χ4v) is 3.88. The van der Waals surface area contributed by atoms with Crippen LogP contribution in [-0.2, 0) is 11.3 Å². The van der Waals surface area contributed by atoms with Gasteiger partial charge in [-0.25, -0.2) is 9.18 Å². The molecule has 1 saturated heterocycles. The Kier molecular flexibility index (Phi) is 5.62. The Morgan fingerprint density at radius 1 is 1.07 bits per heavy atom. The number of halogens is 1. The van der Waals surface area contributed by atoms with Crippen molar-refractivity contribution in [2.75, 3.05) is 19.6 Å². The molecule has 2 aromatic carbocycles. The number of hydrogen-bond acceptors (Lipinski definition) is 3. The Labute approximate surface area is 165 Å². The van der Waals surface area contributed by atoms with E-state index < -0.39 is 5.67 Å². The van der Waals surface area contributed by atoms with Gasteiger partial charge in [-0.05, 0) is 17.5 Å². The van der Waals surface area contributed by atoms with Crippen molar-refractivity contribution in [3.05, 3.63) is 71.8 Å². The van der Waals surface area contributed by atoms with E-state index in [0.29, 0.717) is 44.4 Å². The first kappa shape index (κ1) is 18.9. The highest BCUT2D eigenvalue weighted by Gasteiger charge is 2.42. The van der Waals surface area contributed by atoms with E-state index in [0.717, 1.165) is 12.0 Å². The van der Waals surface area contributed by atoms with Crippen LogP contribution in [0.4, 0.5) is 9.18 Å². The second-order valence-electron chi connectivity index (χ2n) is 7.92. The molecular weight excluding hydrogens is 355 g/mol. The van der Waals surface area contributed by atoms with Gasteiger partial charge in [-0.15, -0.1) is 0 Å². The lowest BCUT2D eigenvalue weighted by atomic mass is 9.93. The van der Waals surface area contributed by atoms with Crippen molar-refractivity contribution in [2.24, 2.45) is 0 Å². The second kappa shape index (κ2) is 8.31. The molecule has 0 aromatic heterocycles. The first-order valence-electron chi connectivity index (χ1n) is 10.1. The SMILES string of the molecule is O=C(OCc1ccccc1)N1CCC(F)(CNC2CC2c2ccccc2)CC1. The third kappa shape index (κ3) is 4.71. The summed E-state index contributed by atoms with van der Waals surface area (Å²) in [5.41, 5.74) is 1.03. The fourth-order valence-electron chi connectivity index (χ4n) is 3.88. The lowest BCUT2D eigenvalue weighted by molar-refractivity contribution is 0.0408. The zero-order valence-corrected chi connectivity index (χ0v) is 16.0. The summed E-state index contributed by atoms with van der Waals surface area (Å²) in [4.78, 5) is 13.8. The van der Waals surface area contributed by atoms with Gasteiger partial charge >= 0.3 is 6.09 Å². The number of nitrogens with one attached hydrogen (secondary N) is 1. The van der Waals surface area contributed by atoms with E-state index in [1.165, 1.54) is 5.56 Å². The van der Waals surface area contributed by atoms with Gasteiger partial charge in [0.15, 0.2) is 0 Å². The monoisotopic (exact) mass is 382 g/mol. The molecule has 2 fully saturated rings. The van der Waals surface area contributed by atoms with Crippen molar-refractivity contribution < 1.29 is 13.9 Å². The summed E-state index contributed by atoms with van der Waals surface area (Å²) in [6, 6.07) is 20.3. The minimum atomic E-state index is -1.25. The molecule has 1 N–H and O–H groups in total. The molecule has 4 rings (SSSR count). The lowest BCUT2D eigenvalue weighted by Gasteiger charge is -2.36. The molecule has 28 heavy (non-hydrogen) atoms. The average Bonchev–Trinajstić information content (AvgIpc) is 3.53. The first-order valence-corrected chi connectivity index (χ1v) is 10.1. The van der Waals surface area contributed by atoms with E-state index in [2.05, 4.69) is 17.4 Å². The maximum atomic E-state index is 15.1. The molecule has 4 nitrogen and oxygen atoms in total. The van der Waals surface area contributed by atoms with Crippen LogP contribution in [0.3, 0.4) is 0 Å². The summed E-state index contributed by atoms with van der Waals surface area (Å²) in [5, 5.41) is 3.40.